The lowest BCUT2D eigenvalue weighted by Crippen LogP contribution is -2.51. The normalized spacial score (nSPS) is 21.4. The van der Waals surface area contributed by atoms with E-state index in [2.05, 4.69) is 5.32 Å². The van der Waals surface area contributed by atoms with Crippen molar-refractivity contribution in [3.05, 3.63) is 0 Å². The molecule has 1 fully saturated rings. The molecule has 0 radical (unpaired) electrons. The zero-order chi connectivity index (χ0) is 13.8. The van der Waals surface area contributed by atoms with Crippen LogP contribution in [0.1, 0.15) is 59.8 Å². The fourth-order valence-electron chi connectivity index (χ4n) is 2.47. The highest BCUT2D eigenvalue weighted by molar-refractivity contribution is 5.81. The second-order valence-electron chi connectivity index (χ2n) is 6.45. The van der Waals surface area contributed by atoms with Gasteiger partial charge in [-0.15, -0.1) is 0 Å². The maximum Gasteiger partial charge on any atom is 0.249 e. The van der Waals surface area contributed by atoms with E-state index in [0.29, 0.717) is 6.54 Å². The summed E-state index contributed by atoms with van der Waals surface area (Å²) < 4.78 is 6.00. The van der Waals surface area contributed by atoms with Crippen LogP contribution in [0.3, 0.4) is 0 Å². The maximum absolute atomic E-state index is 12.0. The van der Waals surface area contributed by atoms with Gasteiger partial charge in [-0.05, 0) is 40.5 Å². The average Bonchev–Trinajstić information content (AvgIpc) is 2.28. The average molecular weight is 256 g/mol. The Morgan fingerprint density at radius 1 is 1.33 bits per heavy atom. The van der Waals surface area contributed by atoms with E-state index in [9.17, 15) is 4.79 Å². The number of nitrogens with two attached hydrogens (primary N) is 1. The van der Waals surface area contributed by atoms with E-state index >= 15 is 0 Å². The van der Waals surface area contributed by atoms with Crippen LogP contribution in [-0.4, -0.2) is 29.7 Å². The zero-order valence-corrected chi connectivity index (χ0v) is 12.2. The van der Waals surface area contributed by atoms with E-state index < -0.39 is 6.10 Å². The smallest absolute Gasteiger partial charge is 0.249 e. The molecule has 0 aromatic carbocycles. The van der Waals surface area contributed by atoms with E-state index in [1.54, 1.807) is 0 Å². The van der Waals surface area contributed by atoms with Gasteiger partial charge >= 0.3 is 0 Å². The Hall–Kier alpha value is -0.610. The Morgan fingerprint density at radius 2 is 1.89 bits per heavy atom. The Bertz CT molecular complexity index is 278. The largest absolute Gasteiger partial charge is 0.361 e. The number of ether oxygens (including phenoxy) is 1. The topological polar surface area (TPSA) is 64.3 Å². The lowest BCUT2D eigenvalue weighted by Gasteiger charge is -2.38. The molecule has 1 atom stereocenters. The standard InChI is InChI=1S/C14H28N2O2/c1-11(12(17)16-13(2,3)4)18-14(10-15)8-6-5-7-9-14/h11H,5-10,15H2,1-4H3,(H,16,17). The summed E-state index contributed by atoms with van der Waals surface area (Å²) in [6.07, 6.45) is 5.03. The first-order valence-electron chi connectivity index (χ1n) is 6.98. The molecule has 1 aliphatic carbocycles. The summed E-state index contributed by atoms with van der Waals surface area (Å²) in [6.45, 7) is 8.22. The van der Waals surface area contributed by atoms with Crippen LogP contribution in [-0.2, 0) is 9.53 Å². The Labute approximate surface area is 111 Å². The van der Waals surface area contributed by atoms with E-state index in [1.165, 1.54) is 6.42 Å². The van der Waals surface area contributed by atoms with Crippen molar-refractivity contribution in [3.63, 3.8) is 0 Å². The van der Waals surface area contributed by atoms with Crippen LogP contribution in [0.2, 0.25) is 0 Å². The molecule has 1 rings (SSSR count). The van der Waals surface area contributed by atoms with Gasteiger partial charge in [0.2, 0.25) is 5.91 Å². The van der Waals surface area contributed by atoms with Gasteiger partial charge in [0.15, 0.2) is 0 Å². The summed E-state index contributed by atoms with van der Waals surface area (Å²) in [6, 6.07) is 0. The van der Waals surface area contributed by atoms with Crippen molar-refractivity contribution in [2.75, 3.05) is 6.54 Å². The highest BCUT2D eigenvalue weighted by atomic mass is 16.5. The van der Waals surface area contributed by atoms with Gasteiger partial charge < -0.3 is 15.8 Å². The molecule has 0 spiro atoms. The Morgan fingerprint density at radius 3 is 2.33 bits per heavy atom. The van der Waals surface area contributed by atoms with Crippen molar-refractivity contribution < 1.29 is 9.53 Å². The van der Waals surface area contributed by atoms with Crippen molar-refractivity contribution in [3.8, 4) is 0 Å². The number of hydrogen-bond donors (Lipinski definition) is 2. The van der Waals surface area contributed by atoms with E-state index in [1.807, 2.05) is 27.7 Å². The quantitative estimate of drug-likeness (QED) is 0.808. The minimum absolute atomic E-state index is 0.0547. The lowest BCUT2D eigenvalue weighted by molar-refractivity contribution is -0.150. The fourth-order valence-corrected chi connectivity index (χ4v) is 2.47. The van der Waals surface area contributed by atoms with Crippen molar-refractivity contribution in [1.82, 2.24) is 5.32 Å². The molecule has 0 aromatic rings. The number of rotatable bonds is 4. The van der Waals surface area contributed by atoms with Gasteiger partial charge in [0.25, 0.3) is 0 Å². The minimum atomic E-state index is -0.439. The number of carbonyl (C=O) groups is 1. The molecule has 4 heteroatoms. The first-order chi connectivity index (χ1) is 8.28. The molecule has 0 bridgehead atoms. The SMILES string of the molecule is CC(OC1(CN)CCCCC1)C(=O)NC(C)(C)C. The van der Waals surface area contributed by atoms with Gasteiger partial charge in [0.05, 0.1) is 5.60 Å². The summed E-state index contributed by atoms with van der Waals surface area (Å²) in [5.41, 5.74) is 5.35. The summed E-state index contributed by atoms with van der Waals surface area (Å²) in [4.78, 5) is 12.0. The van der Waals surface area contributed by atoms with Gasteiger partial charge in [-0.2, -0.15) is 0 Å². The molecule has 4 nitrogen and oxygen atoms in total. The van der Waals surface area contributed by atoms with Crippen LogP contribution in [0, 0.1) is 0 Å². The van der Waals surface area contributed by atoms with Crippen LogP contribution in [0.25, 0.3) is 0 Å². The highest BCUT2D eigenvalue weighted by Gasteiger charge is 2.35. The zero-order valence-electron chi connectivity index (χ0n) is 12.2. The van der Waals surface area contributed by atoms with Gasteiger partial charge in [-0.3, -0.25) is 4.79 Å². The van der Waals surface area contributed by atoms with Crippen molar-refractivity contribution in [2.24, 2.45) is 5.73 Å². The van der Waals surface area contributed by atoms with E-state index in [4.69, 9.17) is 10.5 Å². The van der Waals surface area contributed by atoms with Crippen molar-refractivity contribution >= 4 is 5.91 Å². The van der Waals surface area contributed by atoms with Crippen molar-refractivity contribution in [2.45, 2.75) is 77.0 Å². The highest BCUT2D eigenvalue weighted by Crippen LogP contribution is 2.31. The summed E-state index contributed by atoms with van der Waals surface area (Å²) in [5, 5.41) is 2.95. The molecule has 1 unspecified atom stereocenters. The van der Waals surface area contributed by atoms with E-state index in [-0.39, 0.29) is 17.0 Å². The van der Waals surface area contributed by atoms with Gasteiger partial charge in [-0.1, -0.05) is 19.3 Å². The first-order valence-corrected chi connectivity index (χ1v) is 6.98. The Balaban J connectivity index is 2.56. The predicted molar refractivity (Wildman–Crippen MR) is 73.3 cm³/mol. The molecule has 1 saturated carbocycles. The Kier molecular flexibility index (Phi) is 5.17. The summed E-state index contributed by atoms with van der Waals surface area (Å²) in [5.74, 6) is -0.0547. The van der Waals surface area contributed by atoms with Crippen molar-refractivity contribution in [1.29, 1.82) is 0 Å². The molecular weight excluding hydrogens is 228 g/mol. The molecule has 18 heavy (non-hydrogen) atoms. The van der Waals surface area contributed by atoms with Crippen LogP contribution in [0.5, 0.6) is 0 Å². The van der Waals surface area contributed by atoms with E-state index in [0.717, 1.165) is 25.7 Å². The van der Waals surface area contributed by atoms with Crippen LogP contribution in [0.4, 0.5) is 0 Å². The lowest BCUT2D eigenvalue weighted by atomic mass is 9.84. The molecule has 0 saturated heterocycles. The van der Waals surface area contributed by atoms with Crippen LogP contribution < -0.4 is 11.1 Å². The molecule has 1 amide bonds. The molecule has 0 aromatic heterocycles. The second kappa shape index (κ2) is 6.02. The van der Waals surface area contributed by atoms with Gasteiger partial charge in [0, 0.05) is 12.1 Å². The number of hydrogen-bond acceptors (Lipinski definition) is 3. The monoisotopic (exact) mass is 256 g/mol. The molecule has 0 aliphatic heterocycles. The van der Waals surface area contributed by atoms with Gasteiger partial charge in [-0.25, -0.2) is 0 Å². The molecule has 3 N–H and O–H groups in total. The fraction of sp³-hybridized carbons (Fsp3) is 0.929. The number of carbonyl (C=O) groups excluding carboxylic acids is 1. The minimum Gasteiger partial charge on any atom is -0.361 e. The van der Waals surface area contributed by atoms with Crippen LogP contribution >= 0.6 is 0 Å². The maximum atomic E-state index is 12.0. The molecule has 106 valence electrons. The summed E-state index contributed by atoms with van der Waals surface area (Å²) >= 11 is 0. The summed E-state index contributed by atoms with van der Waals surface area (Å²) in [7, 11) is 0. The van der Waals surface area contributed by atoms with Gasteiger partial charge in [0.1, 0.15) is 6.10 Å². The number of amides is 1. The third kappa shape index (κ3) is 4.58. The molecular formula is C14H28N2O2. The molecule has 1 aliphatic rings. The molecule has 0 heterocycles. The third-order valence-corrected chi connectivity index (χ3v) is 3.43. The number of nitrogens with one attached hydrogen (secondary N) is 1. The second-order valence-corrected chi connectivity index (χ2v) is 6.45. The first kappa shape index (κ1) is 15.4. The third-order valence-electron chi connectivity index (χ3n) is 3.43. The predicted octanol–water partition coefficient (Wildman–Crippen LogP) is 1.97. The van der Waals surface area contributed by atoms with Crippen LogP contribution in [0.15, 0.2) is 0 Å².